The van der Waals surface area contributed by atoms with E-state index in [1.54, 1.807) is 4.90 Å². The summed E-state index contributed by atoms with van der Waals surface area (Å²) in [5.74, 6) is -0.378. The lowest BCUT2D eigenvalue weighted by Crippen LogP contribution is -2.57. The van der Waals surface area contributed by atoms with Gasteiger partial charge in [-0.05, 0) is 30.7 Å². The first-order valence-electron chi connectivity index (χ1n) is 7.36. The molecule has 0 aliphatic carbocycles. The highest BCUT2D eigenvalue weighted by molar-refractivity contribution is 7.90. The number of halogens is 1. The smallest absolute Gasteiger partial charge is 0.322 e. The molecule has 0 radical (unpaired) electrons. The number of hydrogen-bond donors (Lipinski definition) is 2. The number of likely N-dealkylation sites (tertiary alicyclic amines) is 1. The molecule has 4 rings (SSSR count). The van der Waals surface area contributed by atoms with Crippen LogP contribution in [0, 0.1) is 5.82 Å². The summed E-state index contributed by atoms with van der Waals surface area (Å²) in [4.78, 5) is 14.0. The Morgan fingerprint density at radius 1 is 1.39 bits per heavy atom. The van der Waals surface area contributed by atoms with Gasteiger partial charge >= 0.3 is 6.03 Å². The van der Waals surface area contributed by atoms with Crippen molar-refractivity contribution in [1.29, 1.82) is 0 Å². The number of benzene rings is 1. The molecule has 3 saturated heterocycles. The summed E-state index contributed by atoms with van der Waals surface area (Å²) in [5, 5.41) is 2.09. The average molecular weight is 341 g/mol. The molecule has 2 amide bonds. The van der Waals surface area contributed by atoms with Gasteiger partial charge in [0.05, 0.1) is 12.6 Å². The molecule has 3 heterocycles. The molecule has 0 aromatic heterocycles. The first kappa shape index (κ1) is 14.9. The van der Waals surface area contributed by atoms with Gasteiger partial charge < -0.3 is 15.0 Å². The van der Waals surface area contributed by atoms with E-state index in [0.29, 0.717) is 18.7 Å². The van der Waals surface area contributed by atoms with Crippen molar-refractivity contribution >= 4 is 21.7 Å². The Labute approximate surface area is 132 Å². The minimum absolute atomic E-state index is 0.191. The van der Waals surface area contributed by atoms with Crippen LogP contribution in [0.1, 0.15) is 6.42 Å². The van der Waals surface area contributed by atoms with Crippen LogP contribution in [-0.2, 0) is 14.8 Å². The highest BCUT2D eigenvalue weighted by Crippen LogP contribution is 2.42. The van der Waals surface area contributed by atoms with E-state index in [1.807, 2.05) is 0 Å². The third-order valence-corrected chi connectivity index (χ3v) is 6.60. The second kappa shape index (κ2) is 4.89. The van der Waals surface area contributed by atoms with Gasteiger partial charge in [-0.2, -0.15) is 0 Å². The summed E-state index contributed by atoms with van der Waals surface area (Å²) < 4.78 is 45.4. The molecule has 0 saturated carbocycles. The molecule has 7 nitrogen and oxygen atoms in total. The molecule has 3 aliphatic rings. The van der Waals surface area contributed by atoms with Gasteiger partial charge in [0.1, 0.15) is 16.7 Å². The van der Waals surface area contributed by atoms with Crippen LogP contribution in [0.5, 0.6) is 0 Å². The molecule has 23 heavy (non-hydrogen) atoms. The van der Waals surface area contributed by atoms with Gasteiger partial charge in [-0.3, -0.25) is 0 Å². The minimum atomic E-state index is -3.38. The van der Waals surface area contributed by atoms with Crippen molar-refractivity contribution in [2.24, 2.45) is 0 Å². The largest absolute Gasteiger partial charge is 0.365 e. The number of morpholine rings is 1. The molecule has 124 valence electrons. The van der Waals surface area contributed by atoms with Gasteiger partial charge in [-0.1, -0.05) is 0 Å². The first-order valence-corrected chi connectivity index (χ1v) is 8.90. The minimum Gasteiger partial charge on any atom is -0.365 e. The summed E-state index contributed by atoms with van der Waals surface area (Å²) in [7, 11) is -3.38. The highest BCUT2D eigenvalue weighted by atomic mass is 32.2. The number of amides is 2. The maximum Gasteiger partial charge on any atom is 0.322 e. The van der Waals surface area contributed by atoms with Crippen LogP contribution in [0.4, 0.5) is 14.9 Å². The maximum absolute atomic E-state index is 12.9. The van der Waals surface area contributed by atoms with Crippen LogP contribution < -0.4 is 10.0 Å². The zero-order chi connectivity index (χ0) is 16.2. The molecule has 1 aromatic carbocycles. The Hall–Kier alpha value is -1.71. The van der Waals surface area contributed by atoms with Crippen molar-refractivity contribution in [2.45, 2.75) is 23.4 Å². The number of fused-ring (bicyclic) bond motifs is 1. The van der Waals surface area contributed by atoms with Gasteiger partial charge in [-0.25, -0.2) is 22.3 Å². The van der Waals surface area contributed by atoms with Crippen molar-refractivity contribution in [1.82, 2.24) is 9.62 Å². The topological polar surface area (TPSA) is 87.7 Å². The van der Waals surface area contributed by atoms with E-state index in [2.05, 4.69) is 10.0 Å². The summed E-state index contributed by atoms with van der Waals surface area (Å²) in [6.07, 6.45) is 0.125. The zero-order valence-electron chi connectivity index (χ0n) is 12.2. The number of nitrogens with one attached hydrogen (secondary N) is 2. The number of urea groups is 1. The molecule has 0 unspecified atom stereocenters. The Morgan fingerprint density at radius 3 is 2.87 bits per heavy atom. The molecule has 2 bridgehead atoms. The lowest BCUT2D eigenvalue weighted by molar-refractivity contribution is -0.0869. The fourth-order valence-electron chi connectivity index (χ4n) is 3.63. The van der Waals surface area contributed by atoms with Crippen molar-refractivity contribution in [3.63, 3.8) is 0 Å². The SMILES string of the molecule is O=C(Nc1ccc(F)cc1)N1C[C@@H]2C[C@@H]3[C@](CNS3(=O)=O)(C1)O2. The van der Waals surface area contributed by atoms with Crippen LogP contribution in [0.15, 0.2) is 24.3 Å². The number of anilines is 1. The number of nitrogens with zero attached hydrogens (tertiary/aromatic N) is 1. The molecular weight excluding hydrogens is 325 g/mol. The van der Waals surface area contributed by atoms with E-state index in [1.165, 1.54) is 24.3 Å². The number of carbonyl (C=O) groups excluding carboxylic acids is 1. The van der Waals surface area contributed by atoms with Crippen molar-refractivity contribution < 1.29 is 22.3 Å². The fourth-order valence-corrected chi connectivity index (χ4v) is 5.52. The monoisotopic (exact) mass is 341 g/mol. The van der Waals surface area contributed by atoms with Crippen LogP contribution in [-0.4, -0.2) is 55.9 Å². The third kappa shape index (κ3) is 2.39. The van der Waals surface area contributed by atoms with E-state index in [4.69, 9.17) is 4.74 Å². The zero-order valence-corrected chi connectivity index (χ0v) is 13.0. The van der Waals surface area contributed by atoms with Crippen LogP contribution in [0.3, 0.4) is 0 Å². The first-order chi connectivity index (χ1) is 10.9. The highest BCUT2D eigenvalue weighted by Gasteiger charge is 2.62. The number of rotatable bonds is 1. The van der Waals surface area contributed by atoms with Crippen molar-refractivity contribution in [2.75, 3.05) is 25.0 Å². The lowest BCUT2D eigenvalue weighted by atomic mass is 10.00. The number of hydrogen-bond acceptors (Lipinski definition) is 4. The molecular formula is C14H16FN3O4S. The summed E-state index contributed by atoms with van der Waals surface area (Å²) >= 11 is 0. The quantitative estimate of drug-likeness (QED) is 0.779. The number of ether oxygens (including phenoxy) is 1. The van der Waals surface area contributed by atoms with E-state index in [9.17, 15) is 17.6 Å². The maximum atomic E-state index is 12.9. The van der Waals surface area contributed by atoms with Crippen LogP contribution >= 0.6 is 0 Å². The summed E-state index contributed by atoms with van der Waals surface area (Å²) in [5.41, 5.74) is -0.372. The molecule has 3 atom stereocenters. The van der Waals surface area contributed by atoms with E-state index in [-0.39, 0.29) is 31.0 Å². The third-order valence-electron chi connectivity index (χ3n) is 4.68. The lowest BCUT2D eigenvalue weighted by Gasteiger charge is -2.38. The van der Waals surface area contributed by atoms with Gasteiger partial charge in [0.25, 0.3) is 0 Å². The number of sulfonamides is 1. The van der Waals surface area contributed by atoms with Gasteiger partial charge in [0.2, 0.25) is 10.0 Å². The number of carbonyl (C=O) groups is 1. The fraction of sp³-hybridized carbons (Fsp3) is 0.500. The normalized spacial score (nSPS) is 34.2. The van der Waals surface area contributed by atoms with Gasteiger partial charge in [0, 0.05) is 18.8 Å². The standard InChI is InChI=1S/C14H16FN3O4S/c15-9-1-3-10(4-2-9)17-13(19)18-6-11-5-12-14(8-18,22-11)7-16-23(12,20)21/h1-4,11-12,16H,5-8H2,(H,17,19)/t11-,12+,14-/m0/s1. The Kier molecular flexibility index (Phi) is 3.16. The second-order valence-corrected chi connectivity index (χ2v) is 8.16. The van der Waals surface area contributed by atoms with Crippen molar-refractivity contribution in [3.8, 4) is 0 Å². The van der Waals surface area contributed by atoms with Crippen molar-refractivity contribution in [3.05, 3.63) is 30.1 Å². The Balaban J connectivity index is 1.51. The van der Waals surface area contributed by atoms with Gasteiger partial charge in [-0.15, -0.1) is 0 Å². The summed E-state index contributed by atoms with van der Waals surface area (Å²) in [6.45, 7) is 0.755. The molecule has 2 N–H and O–H groups in total. The van der Waals surface area contributed by atoms with E-state index >= 15 is 0 Å². The molecule has 9 heteroatoms. The second-order valence-electron chi connectivity index (χ2n) is 6.21. The predicted molar refractivity (Wildman–Crippen MR) is 79.9 cm³/mol. The van der Waals surface area contributed by atoms with E-state index < -0.39 is 20.9 Å². The van der Waals surface area contributed by atoms with Crippen LogP contribution in [0.2, 0.25) is 0 Å². The molecule has 3 aliphatic heterocycles. The molecule has 1 spiro atoms. The van der Waals surface area contributed by atoms with Crippen LogP contribution in [0.25, 0.3) is 0 Å². The predicted octanol–water partition coefficient (Wildman–Crippen LogP) is 0.502. The van der Waals surface area contributed by atoms with Gasteiger partial charge in [0.15, 0.2) is 0 Å². The van der Waals surface area contributed by atoms with E-state index in [0.717, 1.165) is 0 Å². The average Bonchev–Trinajstić information content (AvgIpc) is 2.91. The molecule has 3 fully saturated rings. The summed E-state index contributed by atoms with van der Waals surface area (Å²) in [6, 6.07) is 5.14. The Bertz CT molecular complexity index is 754. The molecule has 1 aromatic rings. The Morgan fingerprint density at radius 2 is 2.13 bits per heavy atom.